The number of halogens is 2. The maximum Gasteiger partial charge on any atom is 0.250 e. The van der Waals surface area contributed by atoms with Crippen LogP contribution in [0.4, 0.5) is 0 Å². The fraction of sp³-hybridized carbons (Fsp3) is 0.286. The lowest BCUT2D eigenvalue weighted by Crippen LogP contribution is -2.40. The van der Waals surface area contributed by atoms with Gasteiger partial charge in [-0.2, -0.15) is 0 Å². The van der Waals surface area contributed by atoms with Crippen LogP contribution in [0.3, 0.4) is 0 Å². The molecule has 16 heavy (non-hydrogen) atoms. The molecule has 0 bridgehead atoms. The van der Waals surface area contributed by atoms with Crippen LogP contribution in [0.15, 0.2) is 14.1 Å². The Balaban J connectivity index is 2.99. The summed E-state index contributed by atoms with van der Waals surface area (Å²) < 4.78 is 26.7. The third-order valence-corrected chi connectivity index (χ3v) is 6.49. The molecule has 0 aliphatic carbocycles. The minimum Gasteiger partial charge on any atom is -0.392 e. The Labute approximate surface area is 116 Å². The molecule has 1 rings (SSSR count). The molecule has 0 fully saturated rings. The minimum atomic E-state index is -3.62. The second-order valence-electron chi connectivity index (χ2n) is 2.93. The Hall–Kier alpha value is 0.270. The van der Waals surface area contributed by atoms with Crippen molar-refractivity contribution < 1.29 is 8.42 Å². The summed E-state index contributed by atoms with van der Waals surface area (Å²) >= 11 is 14.6. The quantitative estimate of drug-likeness (QED) is 0.804. The zero-order chi connectivity index (χ0) is 12.5. The molecule has 1 atom stereocenters. The summed E-state index contributed by atoms with van der Waals surface area (Å²) in [6.45, 7) is 1.57. The van der Waals surface area contributed by atoms with Crippen LogP contribution in [0.2, 0.25) is 5.02 Å². The molecule has 1 aromatic heterocycles. The number of hydrogen-bond donors (Lipinski definition) is 2. The Morgan fingerprint density at radius 3 is 2.69 bits per heavy atom. The highest BCUT2D eigenvalue weighted by Gasteiger charge is 2.22. The fourth-order valence-corrected chi connectivity index (χ4v) is 4.58. The van der Waals surface area contributed by atoms with Gasteiger partial charge < -0.3 is 5.73 Å². The number of nitrogens with two attached hydrogens (primary N) is 1. The highest BCUT2D eigenvalue weighted by atomic mass is 79.9. The van der Waals surface area contributed by atoms with Crippen molar-refractivity contribution in [2.45, 2.75) is 17.2 Å². The third-order valence-electron chi connectivity index (χ3n) is 1.65. The van der Waals surface area contributed by atoms with E-state index in [0.717, 1.165) is 11.3 Å². The van der Waals surface area contributed by atoms with Crippen molar-refractivity contribution in [3.8, 4) is 0 Å². The minimum absolute atomic E-state index is 0.0882. The first-order valence-electron chi connectivity index (χ1n) is 4.00. The Morgan fingerprint density at radius 1 is 1.75 bits per heavy atom. The molecule has 0 amide bonds. The van der Waals surface area contributed by atoms with Crippen molar-refractivity contribution in [1.29, 1.82) is 0 Å². The third kappa shape index (κ3) is 3.38. The predicted molar refractivity (Wildman–Crippen MR) is 73.6 cm³/mol. The molecule has 1 aromatic rings. The van der Waals surface area contributed by atoms with Crippen LogP contribution in [0.1, 0.15) is 6.92 Å². The summed E-state index contributed by atoms with van der Waals surface area (Å²) in [4.78, 5) is 0.0882. The SMILES string of the molecule is CC(NS(=O)(=O)c1cc(Cl)c(Br)s1)C(N)=S. The van der Waals surface area contributed by atoms with E-state index in [1.54, 1.807) is 6.92 Å². The standard InChI is InChI=1S/C7H8BrClN2O2S3/c1-3(7(10)14)11-16(12,13)5-2-4(9)6(8)15-5/h2-3,11H,1H3,(H2,10,14). The maximum atomic E-state index is 11.8. The first-order valence-corrected chi connectivity index (χ1v) is 7.88. The summed E-state index contributed by atoms with van der Waals surface area (Å²) in [7, 11) is -3.62. The zero-order valence-electron chi connectivity index (χ0n) is 8.03. The molecule has 0 aliphatic rings. The van der Waals surface area contributed by atoms with Crippen LogP contribution >= 0.6 is 51.1 Å². The summed E-state index contributed by atoms with van der Waals surface area (Å²) in [5, 5.41) is 0.355. The smallest absolute Gasteiger partial charge is 0.250 e. The lowest BCUT2D eigenvalue weighted by atomic mass is 10.4. The van der Waals surface area contributed by atoms with E-state index in [-0.39, 0.29) is 9.20 Å². The van der Waals surface area contributed by atoms with Gasteiger partial charge in [0.2, 0.25) is 0 Å². The van der Waals surface area contributed by atoms with E-state index in [4.69, 9.17) is 17.3 Å². The Bertz CT molecular complexity index is 494. The fourth-order valence-electron chi connectivity index (χ4n) is 0.808. The number of sulfonamides is 1. The topological polar surface area (TPSA) is 72.2 Å². The van der Waals surface area contributed by atoms with Gasteiger partial charge in [-0.3, -0.25) is 0 Å². The molecular formula is C7H8BrClN2O2S3. The Kier molecular flexibility index (Phi) is 4.73. The molecule has 0 saturated heterocycles. The van der Waals surface area contributed by atoms with Gasteiger partial charge in [-0.05, 0) is 28.9 Å². The molecule has 1 heterocycles. The van der Waals surface area contributed by atoms with E-state index in [1.165, 1.54) is 6.07 Å². The van der Waals surface area contributed by atoms with Crippen LogP contribution in [0.5, 0.6) is 0 Å². The first kappa shape index (κ1) is 14.3. The maximum absolute atomic E-state index is 11.8. The first-order chi connectivity index (χ1) is 7.24. The van der Waals surface area contributed by atoms with Gasteiger partial charge in [0.25, 0.3) is 10.0 Å². The van der Waals surface area contributed by atoms with Crippen molar-refractivity contribution in [3.05, 3.63) is 14.9 Å². The molecule has 4 nitrogen and oxygen atoms in total. The van der Waals surface area contributed by atoms with Crippen molar-refractivity contribution in [2.24, 2.45) is 5.73 Å². The largest absolute Gasteiger partial charge is 0.392 e. The van der Waals surface area contributed by atoms with E-state index in [1.807, 2.05) is 0 Å². The average Bonchev–Trinajstić information content (AvgIpc) is 2.47. The number of nitrogens with one attached hydrogen (secondary N) is 1. The van der Waals surface area contributed by atoms with Gasteiger partial charge >= 0.3 is 0 Å². The monoisotopic (exact) mass is 362 g/mol. The summed E-state index contributed by atoms with van der Waals surface area (Å²) in [6.07, 6.45) is 0. The van der Waals surface area contributed by atoms with Gasteiger partial charge in [-0.15, -0.1) is 11.3 Å². The summed E-state index contributed by atoms with van der Waals surface area (Å²) in [5.74, 6) is 0. The normalized spacial score (nSPS) is 13.7. The van der Waals surface area contributed by atoms with E-state index in [9.17, 15) is 8.42 Å². The summed E-state index contributed by atoms with van der Waals surface area (Å²) in [5.41, 5.74) is 5.33. The number of thiophene rings is 1. The van der Waals surface area contributed by atoms with Gasteiger partial charge in [0, 0.05) is 0 Å². The van der Waals surface area contributed by atoms with Crippen molar-refractivity contribution >= 4 is 66.1 Å². The van der Waals surface area contributed by atoms with E-state index < -0.39 is 16.1 Å². The molecular weight excluding hydrogens is 356 g/mol. The molecule has 0 aliphatic heterocycles. The van der Waals surface area contributed by atoms with Crippen molar-refractivity contribution in [1.82, 2.24) is 4.72 Å². The number of hydrogen-bond acceptors (Lipinski definition) is 4. The molecule has 9 heteroatoms. The lowest BCUT2D eigenvalue weighted by molar-refractivity contribution is 0.581. The molecule has 0 radical (unpaired) electrons. The Morgan fingerprint density at radius 2 is 2.31 bits per heavy atom. The highest BCUT2D eigenvalue weighted by Crippen LogP contribution is 2.34. The number of rotatable bonds is 4. The van der Waals surface area contributed by atoms with E-state index in [0.29, 0.717) is 8.81 Å². The van der Waals surface area contributed by atoms with Crippen LogP contribution < -0.4 is 10.5 Å². The van der Waals surface area contributed by atoms with Crippen LogP contribution in [0.25, 0.3) is 0 Å². The summed E-state index contributed by atoms with van der Waals surface area (Å²) in [6, 6.07) is 0.768. The van der Waals surface area contributed by atoms with E-state index >= 15 is 0 Å². The van der Waals surface area contributed by atoms with Crippen molar-refractivity contribution in [2.75, 3.05) is 0 Å². The highest BCUT2D eigenvalue weighted by molar-refractivity contribution is 9.11. The van der Waals surface area contributed by atoms with Crippen LogP contribution in [-0.2, 0) is 10.0 Å². The molecule has 3 N–H and O–H groups in total. The van der Waals surface area contributed by atoms with Gasteiger partial charge in [-0.1, -0.05) is 23.8 Å². The van der Waals surface area contributed by atoms with Gasteiger partial charge in [0.05, 0.1) is 19.8 Å². The lowest BCUT2D eigenvalue weighted by Gasteiger charge is -2.10. The van der Waals surface area contributed by atoms with Gasteiger partial charge in [0.15, 0.2) is 0 Å². The second-order valence-corrected chi connectivity index (χ2v) is 8.12. The molecule has 0 spiro atoms. The zero-order valence-corrected chi connectivity index (χ0v) is 12.8. The van der Waals surface area contributed by atoms with Crippen molar-refractivity contribution in [3.63, 3.8) is 0 Å². The second kappa shape index (κ2) is 5.28. The molecule has 0 aromatic carbocycles. The molecule has 1 unspecified atom stereocenters. The molecule has 90 valence electrons. The van der Waals surface area contributed by atoms with Gasteiger partial charge in [-0.25, -0.2) is 13.1 Å². The van der Waals surface area contributed by atoms with Crippen LogP contribution in [-0.4, -0.2) is 19.4 Å². The predicted octanol–water partition coefficient (Wildman–Crippen LogP) is 2.12. The average molecular weight is 364 g/mol. The van der Waals surface area contributed by atoms with Gasteiger partial charge in [0.1, 0.15) is 4.21 Å². The van der Waals surface area contributed by atoms with Crippen LogP contribution in [0, 0.1) is 0 Å². The number of thiocarbonyl (C=S) groups is 1. The molecule has 0 saturated carbocycles. The van der Waals surface area contributed by atoms with E-state index in [2.05, 4.69) is 32.9 Å².